The first kappa shape index (κ1) is 9.90. The quantitative estimate of drug-likeness (QED) is 0.738. The van der Waals surface area contributed by atoms with Gasteiger partial charge in [0.2, 0.25) is 0 Å². The highest BCUT2D eigenvalue weighted by molar-refractivity contribution is 5.77. The molecule has 0 unspecified atom stereocenters. The van der Waals surface area contributed by atoms with E-state index >= 15 is 0 Å². The molecule has 0 aliphatic carbocycles. The van der Waals surface area contributed by atoms with Crippen molar-refractivity contribution in [1.29, 1.82) is 0 Å². The molecule has 3 heteroatoms. The monoisotopic (exact) mass is 222 g/mol. The van der Waals surface area contributed by atoms with Crippen molar-refractivity contribution in [3.63, 3.8) is 0 Å². The van der Waals surface area contributed by atoms with Crippen LogP contribution in [0.15, 0.2) is 54.6 Å². The minimum atomic E-state index is 0.647. The number of aromatic nitrogens is 2. The smallest absolute Gasteiger partial charge is 0.121 e. The Kier molecular flexibility index (Phi) is 2.50. The van der Waals surface area contributed by atoms with Gasteiger partial charge in [0, 0.05) is 11.1 Å². The Hall–Kier alpha value is -2.29. The van der Waals surface area contributed by atoms with Crippen molar-refractivity contribution >= 4 is 16.6 Å². The van der Waals surface area contributed by atoms with Gasteiger partial charge in [-0.2, -0.15) is 5.10 Å². The van der Waals surface area contributed by atoms with Gasteiger partial charge < -0.3 is 5.32 Å². The largest absolute Gasteiger partial charge is 0.366 e. The van der Waals surface area contributed by atoms with Gasteiger partial charge in [-0.3, -0.25) is 0 Å². The van der Waals surface area contributed by atoms with Crippen molar-refractivity contribution < 1.29 is 0 Å². The molecule has 17 heavy (non-hydrogen) atoms. The molecule has 1 N–H and O–H groups in total. The van der Waals surface area contributed by atoms with Gasteiger partial charge in [0.25, 0.3) is 0 Å². The zero-order valence-corrected chi connectivity index (χ0v) is 9.30. The number of fused-ring (bicyclic) bond motifs is 1. The number of nitrogens with one attached hydrogen (secondary N) is 1. The fourth-order valence-corrected chi connectivity index (χ4v) is 1.80. The van der Waals surface area contributed by atoms with Crippen LogP contribution in [0.3, 0.4) is 0 Å². The number of anilines is 1. The van der Waals surface area contributed by atoms with Crippen LogP contribution in [0.5, 0.6) is 0 Å². The van der Waals surface area contributed by atoms with E-state index in [1.807, 2.05) is 59.3 Å². The number of hydrogen-bond donors (Lipinski definition) is 1. The Bertz CT molecular complexity index is 613. The molecule has 0 fully saturated rings. The zero-order valence-electron chi connectivity index (χ0n) is 9.30. The van der Waals surface area contributed by atoms with Gasteiger partial charge in [-0.25, -0.2) is 4.68 Å². The van der Waals surface area contributed by atoms with Crippen molar-refractivity contribution in [1.82, 2.24) is 9.78 Å². The fraction of sp³-hybridized carbons (Fsp3) is 0.0714. The lowest BCUT2D eigenvalue weighted by Crippen LogP contribution is -2.08. The Morgan fingerprint density at radius 3 is 2.65 bits per heavy atom. The van der Waals surface area contributed by atoms with Crippen LogP contribution in [0, 0.1) is 6.20 Å². The van der Waals surface area contributed by atoms with Crippen LogP contribution in [0.2, 0.25) is 0 Å². The van der Waals surface area contributed by atoms with Gasteiger partial charge in [-0.1, -0.05) is 36.4 Å². The Morgan fingerprint density at radius 2 is 1.76 bits per heavy atom. The summed E-state index contributed by atoms with van der Waals surface area (Å²) in [5.74, 6) is 0. The SMILES string of the molecule is [c]1nn(CNc2ccccc2)c2ccccc12. The highest BCUT2D eigenvalue weighted by Gasteiger charge is 2.00. The average Bonchev–Trinajstić information content (AvgIpc) is 2.81. The summed E-state index contributed by atoms with van der Waals surface area (Å²) in [5.41, 5.74) is 2.18. The van der Waals surface area contributed by atoms with Gasteiger partial charge in [0.05, 0.1) is 5.52 Å². The van der Waals surface area contributed by atoms with Crippen LogP contribution >= 0.6 is 0 Å². The summed E-state index contributed by atoms with van der Waals surface area (Å²) in [7, 11) is 0. The van der Waals surface area contributed by atoms with E-state index in [9.17, 15) is 0 Å². The van der Waals surface area contributed by atoms with E-state index in [0.29, 0.717) is 6.67 Å². The molecule has 2 aromatic carbocycles. The molecule has 0 amide bonds. The summed E-state index contributed by atoms with van der Waals surface area (Å²) in [4.78, 5) is 0. The van der Waals surface area contributed by atoms with E-state index in [2.05, 4.69) is 16.6 Å². The van der Waals surface area contributed by atoms with Crippen LogP contribution in [-0.4, -0.2) is 9.78 Å². The molecule has 0 atom stereocenters. The number of hydrogen-bond acceptors (Lipinski definition) is 2. The van der Waals surface area contributed by atoms with Gasteiger partial charge in [0.15, 0.2) is 0 Å². The van der Waals surface area contributed by atoms with Gasteiger partial charge in [0.1, 0.15) is 12.9 Å². The topological polar surface area (TPSA) is 29.9 Å². The Balaban J connectivity index is 1.82. The molecule has 3 aromatic rings. The number of benzene rings is 2. The van der Waals surface area contributed by atoms with Crippen molar-refractivity contribution in [2.24, 2.45) is 0 Å². The lowest BCUT2D eigenvalue weighted by Gasteiger charge is -2.07. The minimum absolute atomic E-state index is 0.647. The lowest BCUT2D eigenvalue weighted by molar-refractivity contribution is 0.693. The molecule has 3 rings (SSSR count). The van der Waals surface area contributed by atoms with Crippen LogP contribution in [-0.2, 0) is 6.67 Å². The van der Waals surface area contributed by atoms with E-state index in [0.717, 1.165) is 16.6 Å². The maximum atomic E-state index is 4.24. The molecule has 3 nitrogen and oxygen atoms in total. The van der Waals surface area contributed by atoms with Gasteiger partial charge >= 0.3 is 0 Å². The second-order valence-corrected chi connectivity index (χ2v) is 3.83. The average molecular weight is 222 g/mol. The number of para-hydroxylation sites is 2. The molecule has 83 valence electrons. The molecule has 0 aliphatic heterocycles. The maximum absolute atomic E-state index is 4.24. The first-order valence-corrected chi connectivity index (χ1v) is 5.56. The van der Waals surface area contributed by atoms with Gasteiger partial charge in [-0.05, 0) is 18.2 Å². The molecule has 1 heterocycles. The first-order chi connectivity index (χ1) is 8.43. The standard InChI is InChI=1S/C14H12N3/c1-2-7-13(8-3-1)15-11-17-14-9-5-4-6-12(14)10-16-17/h1-9,15H,11H2. The number of rotatable bonds is 3. The van der Waals surface area contributed by atoms with Crippen molar-refractivity contribution in [3.8, 4) is 0 Å². The van der Waals surface area contributed by atoms with Crippen molar-refractivity contribution in [3.05, 3.63) is 60.8 Å². The van der Waals surface area contributed by atoms with E-state index < -0.39 is 0 Å². The summed E-state index contributed by atoms with van der Waals surface area (Å²) >= 11 is 0. The summed E-state index contributed by atoms with van der Waals surface area (Å²) in [6.07, 6.45) is 3.00. The zero-order chi connectivity index (χ0) is 11.5. The third kappa shape index (κ3) is 1.99. The van der Waals surface area contributed by atoms with E-state index in [1.54, 1.807) is 0 Å². The number of nitrogens with zero attached hydrogens (tertiary/aromatic N) is 2. The molecule has 0 bridgehead atoms. The summed E-state index contributed by atoms with van der Waals surface area (Å²) < 4.78 is 1.91. The third-order valence-electron chi connectivity index (χ3n) is 2.68. The first-order valence-electron chi connectivity index (χ1n) is 5.56. The molecule has 0 aliphatic rings. The van der Waals surface area contributed by atoms with Crippen molar-refractivity contribution in [2.45, 2.75) is 6.67 Å². The highest BCUT2D eigenvalue weighted by atomic mass is 15.3. The van der Waals surface area contributed by atoms with E-state index in [4.69, 9.17) is 0 Å². The minimum Gasteiger partial charge on any atom is -0.366 e. The summed E-state index contributed by atoms with van der Waals surface area (Å²) in [6.45, 7) is 0.647. The maximum Gasteiger partial charge on any atom is 0.121 e. The molecule has 0 saturated carbocycles. The highest BCUT2D eigenvalue weighted by Crippen LogP contribution is 2.12. The molecule has 1 radical (unpaired) electrons. The molecule has 1 aromatic heterocycles. The van der Waals surface area contributed by atoms with E-state index in [-0.39, 0.29) is 0 Å². The molecule has 0 spiro atoms. The normalized spacial score (nSPS) is 10.6. The Morgan fingerprint density at radius 1 is 1.00 bits per heavy atom. The van der Waals surface area contributed by atoms with Crippen molar-refractivity contribution in [2.75, 3.05) is 5.32 Å². The second kappa shape index (κ2) is 4.29. The molecule has 0 saturated heterocycles. The summed E-state index contributed by atoms with van der Waals surface area (Å²) in [5, 5.41) is 8.60. The molecular weight excluding hydrogens is 210 g/mol. The van der Waals surface area contributed by atoms with Crippen LogP contribution in [0.4, 0.5) is 5.69 Å². The fourth-order valence-electron chi connectivity index (χ4n) is 1.80. The third-order valence-corrected chi connectivity index (χ3v) is 2.68. The summed E-state index contributed by atoms with van der Waals surface area (Å²) in [6, 6.07) is 18.2. The van der Waals surface area contributed by atoms with Crippen LogP contribution in [0.25, 0.3) is 10.9 Å². The van der Waals surface area contributed by atoms with E-state index in [1.165, 1.54) is 0 Å². The lowest BCUT2D eigenvalue weighted by atomic mass is 10.3. The molecular formula is C14H12N3. The van der Waals surface area contributed by atoms with Crippen LogP contribution < -0.4 is 5.32 Å². The predicted molar refractivity (Wildman–Crippen MR) is 68.6 cm³/mol. The second-order valence-electron chi connectivity index (χ2n) is 3.83. The van der Waals surface area contributed by atoms with Gasteiger partial charge in [-0.15, -0.1) is 0 Å². The Labute approximate surface area is 99.7 Å². The predicted octanol–water partition coefficient (Wildman–Crippen LogP) is 2.91. The van der Waals surface area contributed by atoms with Crippen LogP contribution in [0.1, 0.15) is 0 Å².